The third-order valence-corrected chi connectivity index (χ3v) is 4.61. The molecule has 23 heavy (non-hydrogen) atoms. The summed E-state index contributed by atoms with van der Waals surface area (Å²) in [6, 6.07) is 16.8. The van der Waals surface area contributed by atoms with Gasteiger partial charge in [-0.2, -0.15) is 11.3 Å². The Morgan fingerprint density at radius 2 is 1.91 bits per heavy atom. The molecule has 3 heterocycles. The summed E-state index contributed by atoms with van der Waals surface area (Å²) in [6.07, 6.45) is 1.83. The van der Waals surface area contributed by atoms with Crippen molar-refractivity contribution in [2.24, 2.45) is 0 Å². The van der Waals surface area contributed by atoms with Gasteiger partial charge in [0.2, 0.25) is 0 Å². The third kappa shape index (κ3) is 2.91. The van der Waals surface area contributed by atoms with E-state index < -0.39 is 0 Å². The molecule has 0 fully saturated rings. The van der Waals surface area contributed by atoms with Crippen LogP contribution >= 0.6 is 11.3 Å². The minimum atomic E-state index is 0.788. The average Bonchev–Trinajstić information content (AvgIpc) is 3.22. The highest BCUT2D eigenvalue weighted by Gasteiger charge is 2.13. The van der Waals surface area contributed by atoms with Crippen LogP contribution < -0.4 is 5.32 Å². The summed E-state index contributed by atoms with van der Waals surface area (Å²) in [6.45, 7) is 1.64. The quantitative estimate of drug-likeness (QED) is 0.565. The van der Waals surface area contributed by atoms with Gasteiger partial charge < -0.3 is 10.3 Å². The van der Waals surface area contributed by atoms with Crippen molar-refractivity contribution in [2.75, 3.05) is 0 Å². The van der Waals surface area contributed by atoms with Crippen LogP contribution in [0.2, 0.25) is 0 Å². The number of hydrogen-bond acceptors (Lipinski definition) is 3. The van der Waals surface area contributed by atoms with Gasteiger partial charge in [-0.3, -0.25) is 0 Å². The monoisotopic (exact) mass is 319 g/mol. The lowest BCUT2D eigenvalue weighted by Gasteiger charge is -2.06. The topological polar surface area (TPSA) is 40.7 Å². The minimum absolute atomic E-state index is 0.788. The molecule has 3 aromatic heterocycles. The van der Waals surface area contributed by atoms with Crippen molar-refractivity contribution in [3.63, 3.8) is 0 Å². The largest absolute Gasteiger partial charge is 0.342 e. The molecular formula is C19H17N3S. The normalized spacial score (nSPS) is 11.1. The standard InChI is InChI=1S/C19H17N3S/c1-2-5-14(6-3-1)11-20-12-17-18(15-8-10-23-13-15)16-7-4-9-21-19(16)22-17/h1-10,13,20H,11-12H2,(H,21,22). The SMILES string of the molecule is c1ccc(CNCc2[nH]c3ncccc3c2-c2ccsc2)cc1. The highest BCUT2D eigenvalue weighted by Crippen LogP contribution is 2.32. The third-order valence-electron chi connectivity index (χ3n) is 3.93. The molecular weight excluding hydrogens is 302 g/mol. The number of nitrogens with zero attached hydrogens (tertiary/aromatic N) is 1. The van der Waals surface area contributed by atoms with Gasteiger partial charge in [0.05, 0.1) is 0 Å². The van der Waals surface area contributed by atoms with Crippen LogP contribution in [0.1, 0.15) is 11.3 Å². The Labute approximate surface area is 139 Å². The highest BCUT2D eigenvalue weighted by molar-refractivity contribution is 7.08. The predicted octanol–water partition coefficient (Wildman–Crippen LogP) is 4.58. The van der Waals surface area contributed by atoms with Crippen LogP contribution in [-0.4, -0.2) is 9.97 Å². The number of pyridine rings is 1. The van der Waals surface area contributed by atoms with E-state index in [0.717, 1.165) is 18.7 Å². The molecule has 3 nitrogen and oxygen atoms in total. The van der Waals surface area contributed by atoms with Crippen molar-refractivity contribution >= 4 is 22.4 Å². The van der Waals surface area contributed by atoms with Gasteiger partial charge in [-0.25, -0.2) is 4.98 Å². The molecule has 0 aliphatic carbocycles. The lowest BCUT2D eigenvalue weighted by Crippen LogP contribution is -2.13. The molecule has 114 valence electrons. The summed E-state index contributed by atoms with van der Waals surface area (Å²) in [7, 11) is 0. The van der Waals surface area contributed by atoms with E-state index in [9.17, 15) is 0 Å². The molecule has 0 aliphatic heterocycles. The van der Waals surface area contributed by atoms with Crippen LogP contribution in [0.5, 0.6) is 0 Å². The van der Waals surface area contributed by atoms with Gasteiger partial charge >= 0.3 is 0 Å². The molecule has 0 aliphatic rings. The Balaban J connectivity index is 1.63. The minimum Gasteiger partial charge on any atom is -0.342 e. The molecule has 0 amide bonds. The fourth-order valence-electron chi connectivity index (χ4n) is 2.87. The fraction of sp³-hybridized carbons (Fsp3) is 0.105. The summed E-state index contributed by atoms with van der Waals surface area (Å²) in [5, 5.41) is 9.02. The van der Waals surface area contributed by atoms with Gasteiger partial charge in [0, 0.05) is 35.9 Å². The Hall–Kier alpha value is -2.43. The van der Waals surface area contributed by atoms with E-state index in [0.29, 0.717) is 0 Å². The number of rotatable bonds is 5. The number of aromatic nitrogens is 2. The van der Waals surface area contributed by atoms with E-state index in [1.807, 2.05) is 18.3 Å². The first-order valence-electron chi connectivity index (χ1n) is 7.64. The number of thiophene rings is 1. The molecule has 0 bridgehead atoms. The molecule has 0 spiro atoms. The second-order valence-electron chi connectivity index (χ2n) is 5.48. The molecule has 0 saturated carbocycles. The van der Waals surface area contributed by atoms with Gasteiger partial charge in [0.25, 0.3) is 0 Å². The van der Waals surface area contributed by atoms with Crippen LogP contribution in [0.3, 0.4) is 0 Å². The lowest BCUT2D eigenvalue weighted by atomic mass is 10.1. The molecule has 2 N–H and O–H groups in total. The smallest absolute Gasteiger partial charge is 0.138 e. The van der Waals surface area contributed by atoms with Gasteiger partial charge in [-0.05, 0) is 40.1 Å². The number of fused-ring (bicyclic) bond motifs is 1. The van der Waals surface area contributed by atoms with Crippen LogP contribution in [-0.2, 0) is 13.1 Å². The highest BCUT2D eigenvalue weighted by atomic mass is 32.1. The Bertz CT molecular complexity index is 895. The molecule has 0 saturated heterocycles. The first-order valence-corrected chi connectivity index (χ1v) is 8.59. The predicted molar refractivity (Wildman–Crippen MR) is 96.4 cm³/mol. The first kappa shape index (κ1) is 14.2. The van der Waals surface area contributed by atoms with Gasteiger partial charge in [-0.15, -0.1) is 0 Å². The summed E-state index contributed by atoms with van der Waals surface area (Å²) in [4.78, 5) is 7.93. The first-order chi connectivity index (χ1) is 11.4. The van der Waals surface area contributed by atoms with Crippen molar-refractivity contribution in [3.8, 4) is 11.1 Å². The molecule has 1 aromatic carbocycles. The summed E-state index contributed by atoms with van der Waals surface area (Å²) in [5.41, 5.74) is 5.94. The van der Waals surface area contributed by atoms with E-state index in [4.69, 9.17) is 0 Å². The second kappa shape index (κ2) is 6.36. The fourth-order valence-corrected chi connectivity index (χ4v) is 3.52. The van der Waals surface area contributed by atoms with E-state index in [1.54, 1.807) is 11.3 Å². The van der Waals surface area contributed by atoms with Crippen molar-refractivity contribution < 1.29 is 0 Å². The van der Waals surface area contributed by atoms with Crippen LogP contribution in [0.4, 0.5) is 0 Å². The number of aromatic amines is 1. The van der Waals surface area contributed by atoms with Crippen molar-refractivity contribution in [3.05, 3.63) is 76.7 Å². The molecule has 0 atom stereocenters. The summed E-state index contributed by atoms with van der Waals surface area (Å²) >= 11 is 1.72. The number of nitrogens with one attached hydrogen (secondary N) is 2. The van der Waals surface area contributed by atoms with Crippen LogP contribution in [0.15, 0.2) is 65.5 Å². The van der Waals surface area contributed by atoms with Gasteiger partial charge in [0.15, 0.2) is 0 Å². The van der Waals surface area contributed by atoms with Crippen molar-refractivity contribution in [1.82, 2.24) is 15.3 Å². The zero-order valence-electron chi connectivity index (χ0n) is 12.6. The van der Waals surface area contributed by atoms with Crippen molar-refractivity contribution in [1.29, 1.82) is 0 Å². The number of hydrogen-bond donors (Lipinski definition) is 2. The Morgan fingerprint density at radius 3 is 2.74 bits per heavy atom. The Morgan fingerprint density at radius 1 is 1.00 bits per heavy atom. The molecule has 4 aromatic rings. The maximum absolute atomic E-state index is 4.46. The Kier molecular flexibility index (Phi) is 3.92. The van der Waals surface area contributed by atoms with Crippen LogP contribution in [0.25, 0.3) is 22.2 Å². The molecule has 4 rings (SSSR count). The number of H-pyrrole nitrogens is 1. The molecule has 4 heteroatoms. The van der Waals surface area contributed by atoms with E-state index in [1.165, 1.54) is 27.8 Å². The summed E-state index contributed by atoms with van der Waals surface area (Å²) in [5.74, 6) is 0. The summed E-state index contributed by atoms with van der Waals surface area (Å²) < 4.78 is 0. The second-order valence-corrected chi connectivity index (χ2v) is 6.26. The maximum atomic E-state index is 4.46. The lowest BCUT2D eigenvalue weighted by molar-refractivity contribution is 0.684. The van der Waals surface area contributed by atoms with Crippen LogP contribution in [0, 0.1) is 0 Å². The zero-order chi connectivity index (χ0) is 15.5. The van der Waals surface area contributed by atoms with Gasteiger partial charge in [-0.1, -0.05) is 30.3 Å². The molecule has 0 radical (unpaired) electrons. The van der Waals surface area contributed by atoms with E-state index in [-0.39, 0.29) is 0 Å². The number of benzene rings is 1. The molecule has 0 unspecified atom stereocenters. The van der Waals surface area contributed by atoms with E-state index in [2.05, 4.69) is 62.4 Å². The van der Waals surface area contributed by atoms with E-state index >= 15 is 0 Å². The van der Waals surface area contributed by atoms with Crippen molar-refractivity contribution in [2.45, 2.75) is 13.1 Å². The average molecular weight is 319 g/mol. The van der Waals surface area contributed by atoms with Gasteiger partial charge in [0.1, 0.15) is 5.65 Å². The zero-order valence-corrected chi connectivity index (χ0v) is 13.4. The maximum Gasteiger partial charge on any atom is 0.138 e.